The quantitative estimate of drug-likeness (QED) is 0.663. The second kappa shape index (κ2) is 3.11. The average Bonchev–Trinajstić information content (AvgIpc) is 2.01. The number of hydrogen-bond acceptors (Lipinski definition) is 2. The van der Waals surface area contributed by atoms with Crippen LogP contribution in [0.3, 0.4) is 0 Å². The normalized spacial score (nSPS) is 10.2. The van der Waals surface area contributed by atoms with Gasteiger partial charge in [-0.25, -0.2) is 9.37 Å². The molecule has 1 heterocycles. The molecule has 0 aliphatic carbocycles. The molecule has 1 rings (SSSR count). The predicted octanol–water partition coefficient (Wildman–Crippen LogP) is 1.51. The molecule has 0 atom stereocenters. The Morgan fingerprint density at radius 3 is 2.73 bits per heavy atom. The summed E-state index contributed by atoms with van der Waals surface area (Å²) in [5.41, 5.74) is 0.0746. The van der Waals surface area contributed by atoms with Gasteiger partial charge in [0.2, 0.25) is 5.95 Å². The summed E-state index contributed by atoms with van der Waals surface area (Å²) in [6.45, 7) is -0.455. The van der Waals surface area contributed by atoms with Gasteiger partial charge in [-0.1, -0.05) is 11.6 Å². The predicted molar refractivity (Wildman–Crippen MR) is 35.1 cm³/mol. The molecule has 0 spiro atoms. The molecule has 0 radical (unpaired) electrons. The Morgan fingerprint density at radius 1 is 1.55 bits per heavy atom. The van der Waals surface area contributed by atoms with E-state index in [1.54, 1.807) is 0 Å². The van der Waals surface area contributed by atoms with E-state index in [2.05, 4.69) is 4.98 Å². The van der Waals surface area contributed by atoms with Crippen molar-refractivity contribution in [3.05, 3.63) is 28.5 Å². The first-order valence-corrected chi connectivity index (χ1v) is 3.14. The van der Waals surface area contributed by atoms with Crippen LogP contribution in [0.1, 0.15) is 5.56 Å². The van der Waals surface area contributed by atoms with Crippen LogP contribution in [0.4, 0.5) is 8.78 Å². The Labute approximate surface area is 66.4 Å². The maximum absolute atomic E-state index is 12.5. The highest BCUT2D eigenvalue weighted by Crippen LogP contribution is 2.20. The van der Waals surface area contributed by atoms with Crippen molar-refractivity contribution in [2.24, 2.45) is 0 Å². The molecule has 0 fully saturated rings. The van der Waals surface area contributed by atoms with E-state index in [1.165, 1.54) is 0 Å². The van der Waals surface area contributed by atoms with Gasteiger partial charge in [-0.2, -0.15) is 4.39 Å². The maximum Gasteiger partial charge on any atom is 0.250 e. The van der Waals surface area contributed by atoms with Gasteiger partial charge in [0.15, 0.2) is 5.82 Å². The third-order valence-corrected chi connectivity index (χ3v) is 1.57. The van der Waals surface area contributed by atoms with Crippen LogP contribution < -0.4 is 0 Å². The fourth-order valence-corrected chi connectivity index (χ4v) is 0.776. The Morgan fingerprint density at radius 2 is 2.18 bits per heavy atom. The number of aliphatic hydroxyl groups is 1. The molecular weight excluding hydrogens is 176 g/mol. The highest BCUT2D eigenvalue weighted by Gasteiger charge is 2.11. The van der Waals surface area contributed by atoms with Gasteiger partial charge in [-0.3, -0.25) is 0 Å². The largest absolute Gasteiger partial charge is 0.392 e. The maximum atomic E-state index is 12.5. The van der Waals surface area contributed by atoms with Crippen molar-refractivity contribution in [2.45, 2.75) is 6.61 Å². The van der Waals surface area contributed by atoms with Crippen LogP contribution >= 0.6 is 11.6 Å². The number of halogens is 3. The minimum atomic E-state index is -1.26. The van der Waals surface area contributed by atoms with E-state index in [4.69, 9.17) is 16.7 Å². The zero-order valence-corrected chi connectivity index (χ0v) is 6.07. The lowest BCUT2D eigenvalue weighted by atomic mass is 10.3. The van der Waals surface area contributed by atoms with Gasteiger partial charge < -0.3 is 5.11 Å². The molecule has 2 nitrogen and oxygen atoms in total. The van der Waals surface area contributed by atoms with E-state index in [0.29, 0.717) is 0 Å². The van der Waals surface area contributed by atoms with Gasteiger partial charge in [0.1, 0.15) is 0 Å². The number of nitrogens with zero attached hydrogens (tertiary/aromatic N) is 1. The van der Waals surface area contributed by atoms with Crippen LogP contribution in [0.25, 0.3) is 0 Å². The standard InChI is InChI=1S/C6H4ClF2NO/c7-4-3(2-11)1-10-6(9)5(4)8/h1,11H,2H2. The van der Waals surface area contributed by atoms with Crippen molar-refractivity contribution in [1.82, 2.24) is 4.98 Å². The third-order valence-electron chi connectivity index (χ3n) is 1.16. The fourth-order valence-electron chi connectivity index (χ4n) is 0.590. The van der Waals surface area contributed by atoms with Crippen LogP contribution in [-0.2, 0) is 6.61 Å². The van der Waals surface area contributed by atoms with Crippen LogP contribution in [0, 0.1) is 11.8 Å². The van der Waals surface area contributed by atoms with Crippen molar-refractivity contribution in [1.29, 1.82) is 0 Å². The van der Waals surface area contributed by atoms with Crippen LogP contribution in [-0.4, -0.2) is 10.1 Å². The first-order valence-electron chi connectivity index (χ1n) is 2.76. The lowest BCUT2D eigenvalue weighted by molar-refractivity contribution is 0.280. The summed E-state index contributed by atoms with van der Waals surface area (Å²) < 4.78 is 24.7. The molecule has 1 aromatic rings. The molecule has 1 aromatic heterocycles. The molecular formula is C6H4ClF2NO. The van der Waals surface area contributed by atoms with E-state index >= 15 is 0 Å². The van der Waals surface area contributed by atoms with Gasteiger partial charge >= 0.3 is 0 Å². The summed E-state index contributed by atoms with van der Waals surface area (Å²) in [5.74, 6) is -2.48. The summed E-state index contributed by atoms with van der Waals surface area (Å²) in [6, 6.07) is 0. The van der Waals surface area contributed by atoms with E-state index in [0.717, 1.165) is 6.20 Å². The molecule has 0 aliphatic heterocycles. The highest BCUT2D eigenvalue weighted by atomic mass is 35.5. The van der Waals surface area contributed by atoms with E-state index in [9.17, 15) is 8.78 Å². The molecule has 0 unspecified atom stereocenters. The van der Waals surface area contributed by atoms with Gasteiger partial charge in [-0.05, 0) is 0 Å². The molecule has 0 aliphatic rings. The van der Waals surface area contributed by atoms with Crippen molar-refractivity contribution in [3.8, 4) is 0 Å². The third kappa shape index (κ3) is 1.46. The topological polar surface area (TPSA) is 33.1 Å². The lowest BCUT2D eigenvalue weighted by Gasteiger charge is -1.99. The Bertz CT molecular complexity index is 280. The highest BCUT2D eigenvalue weighted by molar-refractivity contribution is 6.31. The van der Waals surface area contributed by atoms with Crippen molar-refractivity contribution in [2.75, 3.05) is 0 Å². The first kappa shape index (κ1) is 8.36. The molecule has 0 amide bonds. The van der Waals surface area contributed by atoms with E-state index < -0.39 is 23.4 Å². The summed E-state index contributed by atoms with van der Waals surface area (Å²) in [6.07, 6.45) is 0.987. The van der Waals surface area contributed by atoms with Gasteiger partial charge in [0.05, 0.1) is 11.6 Å². The number of pyridine rings is 1. The Kier molecular flexibility index (Phi) is 2.36. The first-order chi connectivity index (χ1) is 5.16. The Hall–Kier alpha value is -0.740. The van der Waals surface area contributed by atoms with Gasteiger partial charge in [-0.15, -0.1) is 0 Å². The van der Waals surface area contributed by atoms with Gasteiger partial charge in [0.25, 0.3) is 0 Å². The van der Waals surface area contributed by atoms with E-state index in [1.807, 2.05) is 0 Å². The minimum absolute atomic E-state index is 0.0746. The smallest absolute Gasteiger partial charge is 0.250 e. The molecule has 0 saturated carbocycles. The number of aromatic nitrogens is 1. The Balaban J connectivity index is 3.25. The number of aliphatic hydroxyl groups excluding tert-OH is 1. The molecule has 11 heavy (non-hydrogen) atoms. The van der Waals surface area contributed by atoms with Crippen molar-refractivity contribution < 1.29 is 13.9 Å². The minimum Gasteiger partial charge on any atom is -0.392 e. The molecule has 5 heteroatoms. The second-order valence-corrected chi connectivity index (χ2v) is 2.24. The summed E-state index contributed by atoms with van der Waals surface area (Å²) in [4.78, 5) is 3.02. The van der Waals surface area contributed by atoms with Crippen LogP contribution in [0.5, 0.6) is 0 Å². The second-order valence-electron chi connectivity index (χ2n) is 1.86. The summed E-state index contributed by atoms with van der Waals surface area (Å²) in [7, 11) is 0. The molecule has 0 bridgehead atoms. The number of rotatable bonds is 1. The molecule has 0 saturated heterocycles. The van der Waals surface area contributed by atoms with E-state index in [-0.39, 0.29) is 5.56 Å². The van der Waals surface area contributed by atoms with Crippen LogP contribution in [0.2, 0.25) is 5.02 Å². The lowest BCUT2D eigenvalue weighted by Crippen LogP contribution is -1.95. The average molecular weight is 180 g/mol. The van der Waals surface area contributed by atoms with Gasteiger partial charge in [0, 0.05) is 11.8 Å². The zero-order chi connectivity index (χ0) is 8.43. The summed E-state index contributed by atoms with van der Waals surface area (Å²) in [5, 5.41) is 8.10. The zero-order valence-electron chi connectivity index (χ0n) is 5.31. The van der Waals surface area contributed by atoms with Crippen molar-refractivity contribution >= 4 is 11.6 Å². The fraction of sp³-hybridized carbons (Fsp3) is 0.167. The van der Waals surface area contributed by atoms with Crippen molar-refractivity contribution in [3.63, 3.8) is 0 Å². The summed E-state index contributed by atoms with van der Waals surface area (Å²) >= 11 is 5.28. The molecule has 1 N–H and O–H groups in total. The monoisotopic (exact) mass is 179 g/mol. The van der Waals surface area contributed by atoms with Crippen LogP contribution in [0.15, 0.2) is 6.20 Å². The molecule has 60 valence electrons. The number of hydrogen-bond donors (Lipinski definition) is 1. The molecule has 0 aromatic carbocycles. The SMILES string of the molecule is OCc1cnc(F)c(F)c1Cl.